The Balaban J connectivity index is 3.42. The maximum atomic E-state index is 6.59. The van der Waals surface area contributed by atoms with Gasteiger partial charge in [0, 0.05) is 5.54 Å². The lowest BCUT2D eigenvalue weighted by molar-refractivity contribution is 0.507. The van der Waals surface area contributed by atoms with E-state index in [0.717, 1.165) is 12.8 Å². The zero-order chi connectivity index (χ0) is 15.0. The molecule has 0 fully saturated rings. The van der Waals surface area contributed by atoms with Crippen molar-refractivity contribution >= 4 is 0 Å². The minimum absolute atomic E-state index is 0.156. The first-order valence-electron chi connectivity index (χ1n) is 7.89. The van der Waals surface area contributed by atoms with Gasteiger partial charge in [-0.3, -0.25) is 0 Å². The largest absolute Gasteiger partial charge is 0.322 e. The fourth-order valence-electron chi connectivity index (χ4n) is 3.30. The highest BCUT2D eigenvalue weighted by molar-refractivity contribution is 5.52. The molecule has 0 heterocycles. The van der Waals surface area contributed by atoms with Crippen LogP contribution in [-0.4, -0.2) is 5.54 Å². The Bertz CT molecular complexity index is 392. The van der Waals surface area contributed by atoms with Gasteiger partial charge in [-0.2, -0.15) is 0 Å². The summed E-state index contributed by atoms with van der Waals surface area (Å²) in [5, 5.41) is 0. The minimum atomic E-state index is -0.156. The van der Waals surface area contributed by atoms with E-state index < -0.39 is 0 Å². The molecule has 0 bridgehead atoms. The van der Waals surface area contributed by atoms with Crippen molar-refractivity contribution in [2.75, 3.05) is 0 Å². The molecule has 0 saturated carbocycles. The highest BCUT2D eigenvalue weighted by Crippen LogP contribution is 2.46. The molecule has 1 rings (SSSR count). The van der Waals surface area contributed by atoms with Gasteiger partial charge in [0.05, 0.1) is 0 Å². The summed E-state index contributed by atoms with van der Waals surface area (Å²) in [4.78, 5) is 0. The van der Waals surface area contributed by atoms with Gasteiger partial charge < -0.3 is 5.73 Å². The van der Waals surface area contributed by atoms with Crippen LogP contribution in [0.4, 0.5) is 0 Å². The molecule has 0 aromatic carbocycles. The zero-order valence-corrected chi connectivity index (χ0v) is 14.2. The minimum Gasteiger partial charge on any atom is -0.322 e. The molecule has 1 unspecified atom stereocenters. The Kier molecular flexibility index (Phi) is 5.06. The Morgan fingerprint density at radius 3 is 1.74 bits per heavy atom. The zero-order valence-electron chi connectivity index (χ0n) is 14.2. The van der Waals surface area contributed by atoms with Crippen LogP contribution in [0.5, 0.6) is 0 Å². The summed E-state index contributed by atoms with van der Waals surface area (Å²) in [6.45, 7) is 18.3. The molecule has 1 heteroatoms. The van der Waals surface area contributed by atoms with E-state index >= 15 is 0 Å². The topological polar surface area (TPSA) is 26.0 Å². The lowest BCUT2D eigenvalue weighted by Crippen LogP contribution is -2.38. The van der Waals surface area contributed by atoms with Gasteiger partial charge in [-0.1, -0.05) is 54.0 Å². The summed E-state index contributed by atoms with van der Waals surface area (Å²) < 4.78 is 0. The van der Waals surface area contributed by atoms with Gasteiger partial charge in [-0.15, -0.1) is 0 Å². The van der Waals surface area contributed by atoms with Crippen molar-refractivity contribution in [3.8, 4) is 0 Å². The average molecular weight is 263 g/mol. The third-order valence-corrected chi connectivity index (χ3v) is 4.60. The molecule has 0 aromatic heterocycles. The average Bonchev–Trinajstić information content (AvgIpc) is 2.69. The normalized spacial score (nSPS) is 20.2. The van der Waals surface area contributed by atoms with Crippen LogP contribution in [0.1, 0.15) is 68.2 Å². The van der Waals surface area contributed by atoms with Crippen LogP contribution in [0.25, 0.3) is 0 Å². The molecule has 1 aliphatic rings. The summed E-state index contributed by atoms with van der Waals surface area (Å²) in [5.74, 6) is 1.79. The molecule has 1 atom stereocenters. The maximum Gasteiger partial charge on any atom is 0.0346 e. The smallest absolute Gasteiger partial charge is 0.0346 e. The van der Waals surface area contributed by atoms with Crippen LogP contribution in [0, 0.1) is 17.8 Å². The summed E-state index contributed by atoms with van der Waals surface area (Å²) in [6, 6.07) is 0. The van der Waals surface area contributed by atoms with E-state index in [-0.39, 0.29) is 5.54 Å². The van der Waals surface area contributed by atoms with Crippen molar-refractivity contribution in [1.82, 2.24) is 0 Å². The van der Waals surface area contributed by atoms with Crippen molar-refractivity contribution in [3.05, 3.63) is 22.3 Å². The predicted molar refractivity (Wildman–Crippen MR) is 86.1 cm³/mol. The molecule has 2 N–H and O–H groups in total. The van der Waals surface area contributed by atoms with Crippen molar-refractivity contribution < 1.29 is 0 Å². The second-order valence-electron chi connectivity index (χ2n) is 7.24. The molecule has 0 aromatic rings. The lowest BCUT2D eigenvalue weighted by Gasteiger charge is -2.29. The third-order valence-electron chi connectivity index (χ3n) is 4.60. The number of rotatable bonds is 5. The standard InChI is InChI=1S/C18H33N/c1-9-18(8,19)15-10-14(11(2)3)16(12(4)5)17(15)13(6)7/h11-13H,9-10,19H2,1-8H3. The second-order valence-corrected chi connectivity index (χ2v) is 7.24. The van der Waals surface area contributed by atoms with Crippen molar-refractivity contribution in [1.29, 1.82) is 0 Å². The third kappa shape index (κ3) is 3.13. The van der Waals surface area contributed by atoms with Crippen molar-refractivity contribution in [2.45, 2.75) is 73.8 Å². The summed E-state index contributed by atoms with van der Waals surface area (Å²) in [7, 11) is 0. The summed E-state index contributed by atoms with van der Waals surface area (Å²) in [6.07, 6.45) is 2.11. The molecule has 0 aliphatic heterocycles. The number of allylic oxidation sites excluding steroid dienone is 3. The van der Waals surface area contributed by atoms with E-state index in [4.69, 9.17) is 5.73 Å². The molecule has 0 spiro atoms. The summed E-state index contributed by atoms with van der Waals surface area (Å²) in [5.41, 5.74) is 12.7. The lowest BCUT2D eigenvalue weighted by atomic mass is 9.81. The highest BCUT2D eigenvalue weighted by atomic mass is 14.7. The van der Waals surface area contributed by atoms with Crippen LogP contribution >= 0.6 is 0 Å². The maximum absolute atomic E-state index is 6.59. The predicted octanol–water partition coefficient (Wildman–Crippen LogP) is 5.08. The van der Waals surface area contributed by atoms with E-state index in [1.165, 1.54) is 5.57 Å². The van der Waals surface area contributed by atoms with Crippen molar-refractivity contribution in [2.24, 2.45) is 23.5 Å². The van der Waals surface area contributed by atoms with Gasteiger partial charge in [0.2, 0.25) is 0 Å². The van der Waals surface area contributed by atoms with Gasteiger partial charge in [-0.25, -0.2) is 0 Å². The van der Waals surface area contributed by atoms with Gasteiger partial charge in [0.25, 0.3) is 0 Å². The number of hydrogen-bond donors (Lipinski definition) is 1. The van der Waals surface area contributed by atoms with Crippen LogP contribution in [-0.2, 0) is 0 Å². The molecular weight excluding hydrogens is 230 g/mol. The first-order valence-corrected chi connectivity index (χ1v) is 7.89. The molecule has 1 aliphatic carbocycles. The molecule has 0 saturated heterocycles. The number of hydrogen-bond acceptors (Lipinski definition) is 1. The quantitative estimate of drug-likeness (QED) is 0.735. The van der Waals surface area contributed by atoms with Crippen LogP contribution in [0.3, 0.4) is 0 Å². The van der Waals surface area contributed by atoms with E-state index in [2.05, 4.69) is 55.4 Å². The van der Waals surface area contributed by atoms with Gasteiger partial charge in [0.15, 0.2) is 0 Å². The van der Waals surface area contributed by atoms with Crippen LogP contribution in [0.15, 0.2) is 22.3 Å². The Morgan fingerprint density at radius 2 is 1.42 bits per heavy atom. The first-order chi connectivity index (χ1) is 8.63. The SMILES string of the molecule is CCC(C)(N)C1=C(C(C)C)C(C(C)C)=C(C(C)C)C1. The van der Waals surface area contributed by atoms with E-state index in [1.54, 1.807) is 16.7 Å². The van der Waals surface area contributed by atoms with Crippen molar-refractivity contribution in [3.63, 3.8) is 0 Å². The molecule has 0 radical (unpaired) electrons. The highest BCUT2D eigenvalue weighted by Gasteiger charge is 2.35. The Morgan fingerprint density at radius 1 is 0.947 bits per heavy atom. The van der Waals surface area contributed by atoms with Crippen LogP contribution < -0.4 is 5.73 Å². The Labute approximate surface area is 120 Å². The molecule has 110 valence electrons. The van der Waals surface area contributed by atoms with E-state index in [0.29, 0.717) is 17.8 Å². The summed E-state index contributed by atoms with van der Waals surface area (Å²) >= 11 is 0. The van der Waals surface area contributed by atoms with E-state index in [1.807, 2.05) is 0 Å². The van der Waals surface area contributed by atoms with Crippen LogP contribution in [0.2, 0.25) is 0 Å². The number of nitrogens with two attached hydrogens (primary N) is 1. The molecule has 19 heavy (non-hydrogen) atoms. The molecule has 1 nitrogen and oxygen atoms in total. The van der Waals surface area contributed by atoms with Gasteiger partial charge >= 0.3 is 0 Å². The fourth-order valence-corrected chi connectivity index (χ4v) is 3.30. The molecule has 0 amide bonds. The Hall–Kier alpha value is -0.560. The first kappa shape index (κ1) is 16.5. The molecular formula is C18H33N. The van der Waals surface area contributed by atoms with E-state index in [9.17, 15) is 0 Å². The monoisotopic (exact) mass is 263 g/mol. The second kappa shape index (κ2) is 5.83. The van der Waals surface area contributed by atoms with Gasteiger partial charge in [-0.05, 0) is 54.2 Å². The van der Waals surface area contributed by atoms with Gasteiger partial charge in [0.1, 0.15) is 0 Å². The fraction of sp³-hybridized carbons (Fsp3) is 0.778.